The first-order valence-electron chi connectivity index (χ1n) is 20.4. The van der Waals surface area contributed by atoms with Crippen LogP contribution in [0.5, 0.6) is 0 Å². The molecule has 0 bridgehead atoms. The third kappa shape index (κ3) is 5.63. The van der Waals surface area contributed by atoms with E-state index >= 15 is 0 Å². The number of hydrogen-bond donors (Lipinski definition) is 0. The van der Waals surface area contributed by atoms with Crippen molar-refractivity contribution >= 4 is 164 Å². The number of benzene rings is 7. The molecule has 0 amide bonds. The van der Waals surface area contributed by atoms with Crippen LogP contribution >= 0.6 is 0 Å². The highest BCUT2D eigenvalue weighted by Gasteiger charge is 2.26. The van der Waals surface area contributed by atoms with Gasteiger partial charge in [0.1, 0.15) is 92.9 Å². The fourth-order valence-corrected chi connectivity index (χ4v) is 9.47. The van der Waals surface area contributed by atoms with Crippen molar-refractivity contribution < 1.29 is 8.83 Å². The highest BCUT2D eigenvalue weighted by Crippen LogP contribution is 2.42. The Morgan fingerprint density at radius 2 is 0.763 bits per heavy atom. The van der Waals surface area contributed by atoms with Crippen molar-refractivity contribution in [2.24, 2.45) is 0 Å². The van der Waals surface area contributed by atoms with Crippen LogP contribution in [0.25, 0.3) is 100 Å². The molecule has 0 aliphatic rings. The molecule has 0 unspecified atom stereocenters. The van der Waals surface area contributed by atoms with Crippen molar-refractivity contribution in [3.8, 4) is 56.4 Å². The van der Waals surface area contributed by atoms with E-state index in [0.29, 0.717) is 17.5 Å². The second-order valence-corrected chi connectivity index (χ2v) is 16.2. The lowest BCUT2D eigenvalue weighted by Gasteiger charge is -2.27. The number of aromatic nitrogens is 3. The first kappa shape index (κ1) is 37.0. The lowest BCUT2D eigenvalue weighted by molar-refractivity contribution is 0.669. The lowest BCUT2D eigenvalue weighted by atomic mass is 9.56. The molecule has 3 heterocycles. The molecule has 0 saturated carbocycles. The maximum absolute atomic E-state index is 6.93. The predicted octanol–water partition coefficient (Wildman–Crippen LogP) is -3.67. The summed E-state index contributed by atoms with van der Waals surface area (Å²) in [6, 6.07) is 37.0. The lowest BCUT2D eigenvalue weighted by Crippen LogP contribution is -2.57. The van der Waals surface area contributed by atoms with E-state index in [0.717, 1.165) is 66.1 Å². The van der Waals surface area contributed by atoms with Gasteiger partial charge in [0, 0.05) is 43.8 Å². The number of nitrogens with zero attached hydrogens (tertiary/aromatic N) is 3. The summed E-state index contributed by atoms with van der Waals surface area (Å²) in [5.74, 6) is 1.76. The molecule has 10 rings (SSSR count). The van der Waals surface area contributed by atoms with Crippen LogP contribution < -0.4 is 49.2 Å². The van der Waals surface area contributed by atoms with Crippen LogP contribution in [0.4, 0.5) is 0 Å². The number of fused-ring (bicyclic) bond motifs is 6. The third-order valence-electron chi connectivity index (χ3n) is 13.2. The zero-order chi connectivity index (χ0) is 40.9. The van der Waals surface area contributed by atoms with Crippen molar-refractivity contribution in [3.63, 3.8) is 0 Å². The number of para-hydroxylation sites is 2. The number of hydrogen-bond acceptors (Lipinski definition) is 5. The zero-order valence-electron chi connectivity index (χ0n) is 35.1. The van der Waals surface area contributed by atoms with Crippen LogP contribution in [0.2, 0.25) is 0 Å². The Labute approximate surface area is 351 Å². The molecule has 0 saturated heterocycles. The van der Waals surface area contributed by atoms with Gasteiger partial charge in [0.2, 0.25) is 0 Å². The Kier molecular flexibility index (Phi) is 8.75. The van der Waals surface area contributed by atoms with Gasteiger partial charge in [-0.25, -0.2) is 15.0 Å². The minimum absolute atomic E-state index is 0.578. The Bertz CT molecular complexity index is 3340. The first-order chi connectivity index (χ1) is 28.5. The Morgan fingerprint density at radius 3 is 1.39 bits per heavy atom. The fraction of sp³-hybridized carbons (Fsp3) is 0. The van der Waals surface area contributed by atoms with Crippen molar-refractivity contribution in [2.75, 3.05) is 0 Å². The average Bonchev–Trinajstić information content (AvgIpc) is 3.85. The van der Waals surface area contributed by atoms with E-state index in [9.17, 15) is 0 Å². The summed E-state index contributed by atoms with van der Waals surface area (Å²) < 4.78 is 13.2. The van der Waals surface area contributed by atoms with E-state index in [1.165, 1.54) is 65.9 Å². The van der Waals surface area contributed by atoms with Gasteiger partial charge in [-0.2, -0.15) is 0 Å². The van der Waals surface area contributed by atoms with Gasteiger partial charge in [-0.3, -0.25) is 0 Å². The molecule has 0 aliphatic carbocycles. The van der Waals surface area contributed by atoms with Crippen molar-refractivity contribution in [1.29, 1.82) is 0 Å². The van der Waals surface area contributed by atoms with E-state index in [4.69, 9.17) is 23.8 Å². The fourth-order valence-electron chi connectivity index (χ4n) is 9.47. The van der Waals surface area contributed by atoms with E-state index in [1.54, 1.807) is 0 Å². The molecule has 3 aromatic heterocycles. The second kappa shape index (κ2) is 13.9. The maximum atomic E-state index is 6.93. The van der Waals surface area contributed by atoms with E-state index < -0.39 is 0 Å². The molecule has 0 N–H and O–H groups in total. The molecular formula is C45H36B9N3O2. The largest absolute Gasteiger partial charge is 0.456 e. The smallest absolute Gasteiger partial charge is 0.164 e. The van der Waals surface area contributed by atoms with Crippen molar-refractivity contribution in [2.45, 2.75) is 0 Å². The van der Waals surface area contributed by atoms with Gasteiger partial charge in [-0.15, -0.1) is 16.4 Å². The molecule has 0 atom stereocenters. The van der Waals surface area contributed by atoms with Crippen LogP contribution in [-0.2, 0) is 0 Å². The summed E-state index contributed by atoms with van der Waals surface area (Å²) in [4.78, 5) is 15.7. The molecular weight excluding hydrogens is 712 g/mol. The average molecular weight is 748 g/mol. The van der Waals surface area contributed by atoms with Crippen molar-refractivity contribution in [1.82, 2.24) is 15.0 Å². The summed E-state index contributed by atoms with van der Waals surface area (Å²) >= 11 is 0. The van der Waals surface area contributed by atoms with Crippen LogP contribution in [0.15, 0.2) is 118 Å². The minimum Gasteiger partial charge on any atom is -0.456 e. The van der Waals surface area contributed by atoms with Gasteiger partial charge in [-0.1, -0.05) is 112 Å². The van der Waals surface area contributed by atoms with Gasteiger partial charge in [-0.05, 0) is 47.0 Å². The SMILES string of the molecule is Bc1c(B)c(B)c(-c2c(B)c(B)c(-c3ccc(-c4nc(-c5ccccc5)nc(-c5cccc6oc7ccccc7c56)n4)c4c3oc3ccccc34)c(B)c2B)c(B)c1B. The van der Waals surface area contributed by atoms with Crippen molar-refractivity contribution in [3.05, 3.63) is 109 Å². The second-order valence-electron chi connectivity index (χ2n) is 16.2. The predicted molar refractivity (Wildman–Crippen MR) is 275 cm³/mol. The summed E-state index contributed by atoms with van der Waals surface area (Å²) in [6.07, 6.45) is 0. The first-order valence-corrected chi connectivity index (χ1v) is 20.4. The molecule has 270 valence electrons. The monoisotopic (exact) mass is 749 g/mol. The molecule has 0 fully saturated rings. The minimum atomic E-state index is 0.578. The Hall–Kier alpha value is -6.27. The highest BCUT2D eigenvalue weighted by atomic mass is 16.3. The van der Waals surface area contributed by atoms with Gasteiger partial charge < -0.3 is 8.83 Å². The topological polar surface area (TPSA) is 65.0 Å². The van der Waals surface area contributed by atoms with Crippen LogP contribution in [0.3, 0.4) is 0 Å². The van der Waals surface area contributed by atoms with Crippen LogP contribution in [-0.4, -0.2) is 85.6 Å². The molecule has 0 aliphatic heterocycles. The molecule has 7 aromatic carbocycles. The summed E-state index contributed by atoms with van der Waals surface area (Å²) in [6.45, 7) is 0. The highest BCUT2D eigenvalue weighted by molar-refractivity contribution is 6.70. The molecule has 0 radical (unpaired) electrons. The van der Waals surface area contributed by atoms with Crippen LogP contribution in [0, 0.1) is 0 Å². The van der Waals surface area contributed by atoms with E-state index in [-0.39, 0.29) is 0 Å². The molecule has 14 heteroatoms. The zero-order valence-corrected chi connectivity index (χ0v) is 35.1. The quantitative estimate of drug-likeness (QED) is 0.170. The Morgan fingerprint density at radius 1 is 0.322 bits per heavy atom. The van der Waals surface area contributed by atoms with Gasteiger partial charge >= 0.3 is 0 Å². The Balaban J connectivity index is 1.24. The molecule has 59 heavy (non-hydrogen) atoms. The van der Waals surface area contributed by atoms with Gasteiger partial charge in [0.15, 0.2) is 17.5 Å². The number of furan rings is 2. The summed E-state index contributed by atoms with van der Waals surface area (Å²) in [7, 11) is 20.5. The molecule has 0 spiro atoms. The summed E-state index contributed by atoms with van der Waals surface area (Å²) in [5.41, 5.74) is 22.8. The van der Waals surface area contributed by atoms with Gasteiger partial charge in [0.25, 0.3) is 0 Å². The molecule has 10 aromatic rings. The maximum Gasteiger partial charge on any atom is 0.164 e. The molecule has 5 nitrogen and oxygen atoms in total. The van der Waals surface area contributed by atoms with Gasteiger partial charge in [0.05, 0.1) is 0 Å². The normalized spacial score (nSPS) is 11.7. The standard InChI is InChI=1S/C45H36B9N3O2/c46-33-30(34(47)36(49)31(35(33)48)32-37(50)39(52)41(54)40(53)38(32)51)22-17-18-24(29-21-12-5-7-15-26(21)59-42(22)29)45-56-43(19-9-2-1-3-10-19)55-44(57-45)23-13-8-16-27-28(23)20-11-4-6-14-25(20)58-27/h1-18H,46-54H2. The van der Waals surface area contributed by atoms with E-state index in [1.807, 2.05) is 66.7 Å². The van der Waals surface area contributed by atoms with E-state index in [2.05, 4.69) is 113 Å². The van der Waals surface area contributed by atoms with Crippen LogP contribution in [0.1, 0.15) is 0 Å². The summed E-state index contributed by atoms with van der Waals surface area (Å²) in [5, 5.41) is 4.00. The third-order valence-corrected chi connectivity index (χ3v) is 13.2. The number of rotatable bonds is 5.